The van der Waals surface area contributed by atoms with Crippen molar-refractivity contribution in [3.05, 3.63) is 54.1 Å². The van der Waals surface area contributed by atoms with Gasteiger partial charge in [0.1, 0.15) is 12.4 Å². The zero-order chi connectivity index (χ0) is 21.9. The molecule has 1 heterocycles. The molecule has 0 radical (unpaired) electrons. The van der Waals surface area contributed by atoms with Gasteiger partial charge in [0, 0.05) is 6.54 Å². The third kappa shape index (κ3) is 5.33. The van der Waals surface area contributed by atoms with Crippen LogP contribution in [0.5, 0.6) is 5.75 Å². The fraction of sp³-hybridized carbons (Fsp3) is 0.435. The quantitative estimate of drug-likeness (QED) is 0.705. The van der Waals surface area contributed by atoms with Crippen LogP contribution in [-0.2, 0) is 20.6 Å². The highest BCUT2D eigenvalue weighted by Crippen LogP contribution is 2.38. The van der Waals surface area contributed by atoms with Crippen molar-refractivity contribution < 1.29 is 17.9 Å². The highest BCUT2D eigenvalue weighted by atomic mass is 32.2. The summed E-state index contributed by atoms with van der Waals surface area (Å²) in [6.45, 7) is 8.78. The summed E-state index contributed by atoms with van der Waals surface area (Å²) < 4.78 is 33.8. The van der Waals surface area contributed by atoms with Crippen molar-refractivity contribution in [2.24, 2.45) is 11.3 Å². The van der Waals surface area contributed by atoms with E-state index in [0.29, 0.717) is 35.2 Å². The number of amides is 1. The summed E-state index contributed by atoms with van der Waals surface area (Å²) in [7, 11) is -3.60. The minimum Gasteiger partial charge on any atom is -0.490 e. The van der Waals surface area contributed by atoms with Crippen LogP contribution in [0.2, 0.25) is 0 Å². The normalized spacial score (nSPS) is 16.0. The number of fused-ring (bicyclic) bond motifs is 1. The SMILES string of the molecule is CC(C)CCN1C(=O)C(C)(C)COc2ccc(NS(=O)(=O)Cc3ccccc3)cc21. The molecule has 1 amide bonds. The van der Waals surface area contributed by atoms with Crippen LogP contribution in [0, 0.1) is 11.3 Å². The summed E-state index contributed by atoms with van der Waals surface area (Å²) in [5.74, 6) is 0.876. The molecule has 30 heavy (non-hydrogen) atoms. The van der Waals surface area contributed by atoms with Crippen LogP contribution in [0.25, 0.3) is 0 Å². The van der Waals surface area contributed by atoms with Gasteiger partial charge in [-0.15, -0.1) is 0 Å². The van der Waals surface area contributed by atoms with Gasteiger partial charge in [-0.25, -0.2) is 8.42 Å². The third-order valence-electron chi connectivity index (χ3n) is 5.07. The van der Waals surface area contributed by atoms with E-state index >= 15 is 0 Å². The first kappa shape index (κ1) is 22.2. The van der Waals surface area contributed by atoms with Gasteiger partial charge >= 0.3 is 0 Å². The van der Waals surface area contributed by atoms with Crippen LogP contribution in [0.3, 0.4) is 0 Å². The molecule has 3 rings (SSSR count). The Morgan fingerprint density at radius 1 is 1.13 bits per heavy atom. The fourth-order valence-corrected chi connectivity index (χ4v) is 4.52. The number of carbonyl (C=O) groups is 1. The first-order valence-corrected chi connectivity index (χ1v) is 11.9. The Kier molecular flexibility index (Phi) is 6.41. The second-order valence-corrected chi connectivity index (χ2v) is 10.6. The molecule has 162 valence electrons. The van der Waals surface area contributed by atoms with Crippen LogP contribution in [0.1, 0.15) is 39.7 Å². The molecule has 0 saturated carbocycles. The zero-order valence-corrected chi connectivity index (χ0v) is 18.8. The summed E-state index contributed by atoms with van der Waals surface area (Å²) in [6.07, 6.45) is 0.839. The number of anilines is 2. The Morgan fingerprint density at radius 2 is 1.83 bits per heavy atom. The number of ether oxygens (including phenoxy) is 1. The molecule has 0 atom stereocenters. The molecule has 6 nitrogen and oxygen atoms in total. The molecule has 0 aliphatic carbocycles. The molecule has 0 spiro atoms. The monoisotopic (exact) mass is 430 g/mol. The molecule has 0 unspecified atom stereocenters. The van der Waals surface area contributed by atoms with E-state index in [4.69, 9.17) is 4.74 Å². The Balaban J connectivity index is 1.90. The van der Waals surface area contributed by atoms with Gasteiger partial charge in [-0.05, 0) is 49.9 Å². The van der Waals surface area contributed by atoms with E-state index in [9.17, 15) is 13.2 Å². The van der Waals surface area contributed by atoms with Crippen molar-refractivity contribution in [1.29, 1.82) is 0 Å². The van der Waals surface area contributed by atoms with Crippen LogP contribution in [0.4, 0.5) is 11.4 Å². The van der Waals surface area contributed by atoms with Gasteiger partial charge in [-0.2, -0.15) is 0 Å². The molecule has 2 aromatic carbocycles. The Labute approximate surface area is 179 Å². The van der Waals surface area contributed by atoms with Crippen molar-refractivity contribution in [2.45, 2.75) is 39.9 Å². The maximum atomic E-state index is 13.2. The van der Waals surface area contributed by atoms with Gasteiger partial charge in [-0.1, -0.05) is 44.2 Å². The number of sulfonamides is 1. The second kappa shape index (κ2) is 8.68. The summed E-state index contributed by atoms with van der Waals surface area (Å²) in [5.41, 5.74) is 1.06. The molecule has 0 fully saturated rings. The van der Waals surface area contributed by atoms with Crippen molar-refractivity contribution in [3.8, 4) is 5.75 Å². The van der Waals surface area contributed by atoms with Crippen molar-refractivity contribution in [2.75, 3.05) is 22.8 Å². The number of rotatable bonds is 7. The summed E-state index contributed by atoms with van der Waals surface area (Å²) in [6, 6.07) is 14.1. The van der Waals surface area contributed by atoms with Gasteiger partial charge in [0.2, 0.25) is 15.9 Å². The number of nitrogens with one attached hydrogen (secondary N) is 1. The van der Waals surface area contributed by atoms with E-state index in [1.54, 1.807) is 35.2 Å². The predicted octanol–water partition coefficient (Wildman–Crippen LogP) is 4.43. The number of benzene rings is 2. The van der Waals surface area contributed by atoms with E-state index in [1.165, 1.54) is 0 Å². The number of nitrogens with zero attached hydrogens (tertiary/aromatic N) is 1. The summed E-state index contributed by atoms with van der Waals surface area (Å²) >= 11 is 0. The molecule has 1 aliphatic rings. The van der Waals surface area contributed by atoms with E-state index in [2.05, 4.69) is 18.6 Å². The van der Waals surface area contributed by atoms with Gasteiger partial charge in [0.15, 0.2) is 0 Å². The van der Waals surface area contributed by atoms with Gasteiger partial charge < -0.3 is 9.64 Å². The molecule has 0 saturated heterocycles. The summed E-state index contributed by atoms with van der Waals surface area (Å²) in [4.78, 5) is 14.9. The lowest BCUT2D eigenvalue weighted by atomic mass is 9.92. The zero-order valence-electron chi connectivity index (χ0n) is 18.0. The molecular weight excluding hydrogens is 400 g/mol. The maximum absolute atomic E-state index is 13.2. The molecular formula is C23H30N2O4S. The lowest BCUT2D eigenvalue weighted by Crippen LogP contribution is -2.42. The topological polar surface area (TPSA) is 75.7 Å². The van der Waals surface area contributed by atoms with E-state index < -0.39 is 15.4 Å². The number of hydrogen-bond acceptors (Lipinski definition) is 4. The molecule has 1 N–H and O–H groups in total. The smallest absolute Gasteiger partial charge is 0.236 e. The average Bonchev–Trinajstić information content (AvgIpc) is 2.75. The van der Waals surface area contributed by atoms with Crippen molar-refractivity contribution in [3.63, 3.8) is 0 Å². The van der Waals surface area contributed by atoms with E-state index in [-0.39, 0.29) is 18.3 Å². The second-order valence-electron chi connectivity index (χ2n) is 8.84. The van der Waals surface area contributed by atoms with Crippen LogP contribution in [-0.4, -0.2) is 27.5 Å². The Hall–Kier alpha value is -2.54. The number of hydrogen-bond donors (Lipinski definition) is 1. The maximum Gasteiger partial charge on any atom is 0.236 e. The fourth-order valence-electron chi connectivity index (χ4n) is 3.33. The van der Waals surface area contributed by atoms with E-state index in [1.807, 2.05) is 32.0 Å². The standard InChI is InChI=1S/C23H30N2O4S/c1-17(2)12-13-25-20-14-19(10-11-21(20)29-16-23(3,4)22(25)26)24-30(27,28)15-18-8-6-5-7-9-18/h5-11,14,17,24H,12-13,15-16H2,1-4H3. The lowest BCUT2D eigenvalue weighted by molar-refractivity contribution is -0.127. The van der Waals surface area contributed by atoms with Gasteiger partial charge in [0.05, 0.1) is 22.5 Å². The molecule has 1 aliphatic heterocycles. The van der Waals surface area contributed by atoms with Gasteiger partial charge in [-0.3, -0.25) is 9.52 Å². The van der Waals surface area contributed by atoms with Gasteiger partial charge in [0.25, 0.3) is 0 Å². The minimum absolute atomic E-state index is 0.0220. The summed E-state index contributed by atoms with van der Waals surface area (Å²) in [5, 5.41) is 0. The largest absolute Gasteiger partial charge is 0.490 e. The van der Waals surface area contributed by atoms with Crippen molar-refractivity contribution >= 4 is 27.3 Å². The molecule has 0 bridgehead atoms. The van der Waals surface area contributed by atoms with Crippen LogP contribution < -0.4 is 14.4 Å². The Morgan fingerprint density at radius 3 is 2.50 bits per heavy atom. The molecule has 2 aromatic rings. The van der Waals surface area contributed by atoms with E-state index in [0.717, 1.165) is 6.42 Å². The minimum atomic E-state index is -3.60. The highest BCUT2D eigenvalue weighted by molar-refractivity contribution is 7.91. The Bertz CT molecular complexity index is 1000. The average molecular weight is 431 g/mol. The van der Waals surface area contributed by atoms with Crippen LogP contribution in [0.15, 0.2) is 48.5 Å². The van der Waals surface area contributed by atoms with Crippen LogP contribution >= 0.6 is 0 Å². The van der Waals surface area contributed by atoms with Crippen molar-refractivity contribution in [1.82, 2.24) is 0 Å². The highest BCUT2D eigenvalue weighted by Gasteiger charge is 2.37. The predicted molar refractivity (Wildman–Crippen MR) is 120 cm³/mol. The number of carbonyl (C=O) groups excluding carboxylic acids is 1. The third-order valence-corrected chi connectivity index (χ3v) is 6.33. The molecule has 7 heteroatoms. The lowest BCUT2D eigenvalue weighted by Gasteiger charge is -2.28. The molecule has 0 aromatic heterocycles. The first-order chi connectivity index (χ1) is 14.1. The first-order valence-electron chi connectivity index (χ1n) is 10.2.